The number of amides is 3. The van der Waals surface area contributed by atoms with Crippen LogP contribution in [0.4, 0.5) is 24.5 Å². The highest BCUT2D eigenvalue weighted by Gasteiger charge is 2.41. The number of nitrogens with one attached hydrogen (secondary N) is 5. The first-order valence-electron chi connectivity index (χ1n) is 23.8. The topological polar surface area (TPSA) is 189 Å². The number of carbonyl (C=O) groups excluding carboxylic acids is 4. The van der Waals surface area contributed by atoms with Crippen LogP contribution < -0.4 is 25.6 Å². The van der Waals surface area contributed by atoms with Crippen LogP contribution in [0.2, 0.25) is 0 Å². The number of piperidine rings is 3. The number of halogens is 3. The van der Waals surface area contributed by atoms with Crippen LogP contribution in [-0.2, 0) is 26.3 Å². The summed E-state index contributed by atoms with van der Waals surface area (Å²) in [4.78, 5) is 62.6. The number of alkyl halides is 1. The molecule has 6 atom stereocenters. The van der Waals surface area contributed by atoms with Gasteiger partial charge in [0.15, 0.2) is 5.82 Å². The van der Waals surface area contributed by atoms with Crippen LogP contribution in [0, 0.1) is 23.5 Å². The molecule has 0 spiro atoms. The van der Waals surface area contributed by atoms with Gasteiger partial charge in [0.1, 0.15) is 23.7 Å². The number of nitrogens with zero attached hydrogens (tertiary/aromatic N) is 4. The summed E-state index contributed by atoms with van der Waals surface area (Å²) in [7, 11) is -4.36. The molecule has 11 rings (SSSR count). The Labute approximate surface area is 396 Å². The van der Waals surface area contributed by atoms with Gasteiger partial charge in [-0.05, 0) is 110 Å². The second-order valence-corrected chi connectivity index (χ2v) is 21.1. The molecule has 2 aromatic heterocycles. The minimum atomic E-state index is -4.36. The molecule has 360 valence electrons. The van der Waals surface area contributed by atoms with E-state index in [2.05, 4.69) is 49.0 Å². The van der Waals surface area contributed by atoms with Crippen LogP contribution in [0.1, 0.15) is 94.8 Å². The predicted octanol–water partition coefficient (Wildman–Crippen LogP) is 5.89. The van der Waals surface area contributed by atoms with E-state index in [1.54, 1.807) is 17.2 Å². The number of carbonyl (C=O) groups is 4. The van der Waals surface area contributed by atoms with Gasteiger partial charge in [-0.15, -0.1) is 0 Å². The molecule has 15 nitrogen and oxygen atoms in total. The van der Waals surface area contributed by atoms with Gasteiger partial charge in [-0.2, -0.15) is 12.7 Å². The minimum absolute atomic E-state index is 0.00408. The van der Waals surface area contributed by atoms with Gasteiger partial charge >= 0.3 is 10.2 Å². The van der Waals surface area contributed by atoms with Gasteiger partial charge in [0.2, 0.25) is 17.6 Å². The predicted molar refractivity (Wildman–Crippen MR) is 251 cm³/mol. The maximum atomic E-state index is 15.8. The minimum Gasteiger partial charge on any atom is -0.372 e. The number of hydrogen-bond acceptors (Lipinski definition) is 10. The van der Waals surface area contributed by atoms with Crippen molar-refractivity contribution >= 4 is 56.1 Å². The summed E-state index contributed by atoms with van der Waals surface area (Å²) in [6, 6.07) is 18.0. The molecule has 8 heterocycles. The van der Waals surface area contributed by atoms with Crippen molar-refractivity contribution in [1.29, 1.82) is 0 Å². The number of aromatic nitrogens is 2. The van der Waals surface area contributed by atoms with E-state index >= 15 is 8.78 Å². The molecule has 6 aliphatic heterocycles. The van der Waals surface area contributed by atoms with Crippen molar-refractivity contribution in [3.05, 3.63) is 113 Å². The number of ketones is 1. The van der Waals surface area contributed by atoms with Crippen LogP contribution in [0.3, 0.4) is 0 Å². The van der Waals surface area contributed by atoms with Crippen LogP contribution in [0.25, 0.3) is 22.2 Å². The van der Waals surface area contributed by atoms with Crippen molar-refractivity contribution < 1.29 is 40.8 Å². The lowest BCUT2D eigenvalue weighted by molar-refractivity contribution is -0.136. The molecule has 0 radical (unpaired) electrons. The number of fused-ring (bicyclic) bond motifs is 3. The Balaban J connectivity index is 0.691. The molecule has 0 aliphatic carbocycles. The van der Waals surface area contributed by atoms with Crippen LogP contribution in [0.15, 0.2) is 73.1 Å². The second-order valence-electron chi connectivity index (χ2n) is 19.5. The van der Waals surface area contributed by atoms with Gasteiger partial charge in [0, 0.05) is 104 Å². The molecule has 3 aromatic carbocycles. The van der Waals surface area contributed by atoms with E-state index in [1.807, 2.05) is 29.0 Å². The third-order valence-electron chi connectivity index (χ3n) is 15.3. The van der Waals surface area contributed by atoms with Crippen molar-refractivity contribution in [2.24, 2.45) is 11.8 Å². The zero-order valence-electron chi connectivity index (χ0n) is 37.6. The van der Waals surface area contributed by atoms with E-state index in [1.165, 1.54) is 11.8 Å². The summed E-state index contributed by atoms with van der Waals surface area (Å²) >= 11 is 0. The Kier molecular flexibility index (Phi) is 11.8. The van der Waals surface area contributed by atoms with Gasteiger partial charge in [-0.1, -0.05) is 24.3 Å². The van der Waals surface area contributed by atoms with Gasteiger partial charge in [0.05, 0.1) is 11.3 Å². The van der Waals surface area contributed by atoms with Crippen LogP contribution in [-0.4, -0.2) is 108 Å². The number of aromatic amines is 1. The van der Waals surface area contributed by atoms with E-state index in [4.69, 9.17) is 0 Å². The standard InChI is InChI=1S/C50H52F3N9O6S/c51-33-13-16-61(26-33)69(67,68)59-40-8-7-39(52)45(46(40)53)47(64)38-23-56-48-37(38)20-31(22-55-48)28-1-3-29(4-2-28)41-21-30-18-34(54-24-42(30)57-41)17-27-11-14-60(15-12-27)35-5-6-36-32(19-35)25-62(50(36)66)43-9-10-44(63)58-49(43)65/h1-8,19-20,22-23,27,30,33-34,41-43,54,57,59H,9-18,21,24-26H2,(H,55,56)(H,58,63,65)/t30-,33+,34?,41?,42+,43?/m0/s1. The molecule has 6 aliphatic rings. The Morgan fingerprint density at radius 1 is 0.913 bits per heavy atom. The van der Waals surface area contributed by atoms with E-state index in [9.17, 15) is 32.0 Å². The normalized spacial score (nSPS) is 25.6. The van der Waals surface area contributed by atoms with Crippen molar-refractivity contribution in [1.82, 2.24) is 35.1 Å². The monoisotopic (exact) mass is 963 g/mol. The first kappa shape index (κ1) is 45.3. The summed E-state index contributed by atoms with van der Waals surface area (Å²) in [5.41, 5.74) is 4.08. The molecule has 0 saturated carbocycles. The number of benzene rings is 3. The van der Waals surface area contributed by atoms with E-state index < -0.39 is 57.0 Å². The summed E-state index contributed by atoms with van der Waals surface area (Å²) in [6.07, 6.45) is 7.64. The SMILES string of the molecule is O=C1CCC(N2Cc3cc(N4CCC(CC5C[C@H]6CC(c7ccc(-c8cnc9[nH]cc(C(=O)c%10c(F)ccc(NS(=O)(=O)N%11CC[C@@H](F)C%11)c%10F)c9c8)cc7)N[C@@H]6CN5)CC4)ccc3C2=O)C(=O)N1. The molecule has 5 aromatic rings. The molecule has 5 saturated heterocycles. The third-order valence-corrected chi connectivity index (χ3v) is 16.7. The molecular weight excluding hydrogens is 912 g/mol. The molecule has 19 heteroatoms. The molecule has 5 N–H and O–H groups in total. The number of pyridine rings is 1. The molecule has 69 heavy (non-hydrogen) atoms. The number of hydrogen-bond donors (Lipinski definition) is 5. The molecule has 3 amide bonds. The Hall–Kier alpha value is -6.15. The fourth-order valence-corrected chi connectivity index (χ4v) is 12.8. The van der Waals surface area contributed by atoms with Gasteiger partial charge in [0.25, 0.3) is 5.91 Å². The summed E-state index contributed by atoms with van der Waals surface area (Å²) in [5, 5.41) is 10.4. The summed E-state index contributed by atoms with van der Waals surface area (Å²) < 4.78 is 73.3. The van der Waals surface area contributed by atoms with Gasteiger partial charge in [-0.3, -0.25) is 29.2 Å². The smallest absolute Gasteiger partial charge is 0.301 e. The first-order valence-corrected chi connectivity index (χ1v) is 25.2. The molecule has 3 unspecified atom stereocenters. The largest absolute Gasteiger partial charge is 0.372 e. The fourth-order valence-electron chi connectivity index (χ4n) is 11.5. The van der Waals surface area contributed by atoms with Crippen molar-refractivity contribution in [3.63, 3.8) is 0 Å². The van der Waals surface area contributed by atoms with Crippen molar-refractivity contribution in [2.45, 2.75) is 88.3 Å². The average Bonchev–Trinajstić information content (AvgIpc) is 4.15. The lowest BCUT2D eigenvalue weighted by Gasteiger charge is -2.38. The molecule has 5 fully saturated rings. The number of rotatable bonds is 11. The summed E-state index contributed by atoms with van der Waals surface area (Å²) in [6.45, 7) is 2.67. The average molecular weight is 964 g/mol. The quantitative estimate of drug-likeness (QED) is 0.0790. The lowest BCUT2D eigenvalue weighted by atomic mass is 9.81. The molecular formula is C50H52F3N9O6S. The van der Waals surface area contributed by atoms with Crippen molar-refractivity contribution in [2.75, 3.05) is 42.3 Å². The number of anilines is 2. The van der Waals surface area contributed by atoms with Crippen LogP contribution >= 0.6 is 0 Å². The highest BCUT2D eigenvalue weighted by molar-refractivity contribution is 7.90. The fraction of sp³-hybridized carbons (Fsp3) is 0.420. The highest BCUT2D eigenvalue weighted by atomic mass is 32.2. The third kappa shape index (κ3) is 8.67. The Morgan fingerprint density at radius 2 is 1.72 bits per heavy atom. The van der Waals surface area contributed by atoms with Gasteiger partial charge < -0.3 is 25.4 Å². The van der Waals surface area contributed by atoms with E-state index in [0.29, 0.717) is 59.0 Å². The van der Waals surface area contributed by atoms with E-state index in [-0.39, 0.29) is 49.4 Å². The maximum Gasteiger partial charge on any atom is 0.301 e. The number of H-pyrrole nitrogens is 1. The van der Waals surface area contributed by atoms with Crippen molar-refractivity contribution in [3.8, 4) is 11.1 Å². The first-order chi connectivity index (χ1) is 33.3. The number of imide groups is 1. The lowest BCUT2D eigenvalue weighted by Crippen LogP contribution is -2.52. The van der Waals surface area contributed by atoms with Crippen LogP contribution in [0.5, 0.6) is 0 Å². The Morgan fingerprint density at radius 3 is 2.49 bits per heavy atom. The summed E-state index contributed by atoms with van der Waals surface area (Å²) in [5.74, 6) is -3.25. The Bertz CT molecular complexity index is 3000. The second kappa shape index (κ2) is 18.0. The van der Waals surface area contributed by atoms with Gasteiger partial charge in [-0.25, -0.2) is 18.2 Å². The maximum absolute atomic E-state index is 15.8. The van der Waals surface area contributed by atoms with E-state index in [0.717, 1.165) is 85.0 Å². The zero-order chi connectivity index (χ0) is 47.7. The highest BCUT2D eigenvalue weighted by Crippen LogP contribution is 2.39. The zero-order valence-corrected chi connectivity index (χ0v) is 38.5. The molecule has 0 bridgehead atoms.